The van der Waals surface area contributed by atoms with Crippen LogP contribution in [0.15, 0.2) is 42.6 Å². The zero-order chi connectivity index (χ0) is 18.8. The SMILES string of the molecule is N#Cc1ccc2c(C(CC(O)c3ccc(F)cc3F)C(=O)O)c[nH]c2c1. The van der Waals surface area contributed by atoms with Crippen molar-refractivity contribution < 1.29 is 23.8 Å². The van der Waals surface area contributed by atoms with Crippen LogP contribution in [0.25, 0.3) is 10.9 Å². The molecule has 0 amide bonds. The van der Waals surface area contributed by atoms with Gasteiger partial charge in [-0.2, -0.15) is 5.26 Å². The zero-order valence-corrected chi connectivity index (χ0v) is 13.4. The van der Waals surface area contributed by atoms with Gasteiger partial charge in [-0.05, 0) is 30.2 Å². The highest BCUT2D eigenvalue weighted by Gasteiger charge is 2.28. The number of halogens is 2. The lowest BCUT2D eigenvalue weighted by Crippen LogP contribution is -2.16. The molecule has 0 aliphatic heterocycles. The third kappa shape index (κ3) is 3.27. The van der Waals surface area contributed by atoms with Gasteiger partial charge >= 0.3 is 5.97 Å². The Labute approximate surface area is 147 Å². The Morgan fingerprint density at radius 1 is 1.19 bits per heavy atom. The van der Waals surface area contributed by atoms with E-state index in [4.69, 9.17) is 5.26 Å². The summed E-state index contributed by atoms with van der Waals surface area (Å²) in [5.41, 5.74) is 1.27. The minimum Gasteiger partial charge on any atom is -0.481 e. The number of aliphatic hydroxyl groups excluding tert-OH is 1. The van der Waals surface area contributed by atoms with Crippen LogP contribution in [-0.2, 0) is 4.79 Å². The number of aromatic amines is 1. The van der Waals surface area contributed by atoms with Crippen LogP contribution in [0.5, 0.6) is 0 Å². The number of aliphatic carboxylic acids is 1. The summed E-state index contributed by atoms with van der Waals surface area (Å²) in [7, 11) is 0. The van der Waals surface area contributed by atoms with Gasteiger partial charge in [0.1, 0.15) is 11.6 Å². The first-order chi connectivity index (χ1) is 12.4. The van der Waals surface area contributed by atoms with E-state index in [9.17, 15) is 23.8 Å². The van der Waals surface area contributed by atoms with Crippen molar-refractivity contribution in [1.82, 2.24) is 4.98 Å². The molecule has 7 heteroatoms. The highest BCUT2D eigenvalue weighted by molar-refractivity contribution is 5.90. The molecule has 0 fully saturated rings. The van der Waals surface area contributed by atoms with Crippen LogP contribution >= 0.6 is 0 Å². The quantitative estimate of drug-likeness (QED) is 0.650. The second-order valence-corrected chi connectivity index (χ2v) is 5.92. The van der Waals surface area contributed by atoms with Crippen molar-refractivity contribution in [2.75, 3.05) is 0 Å². The van der Waals surface area contributed by atoms with Crippen molar-refractivity contribution in [2.45, 2.75) is 18.4 Å². The standard InChI is InChI=1S/C19H14F2N2O3/c20-11-2-4-13(16(21)6-11)18(24)7-14(19(25)26)15-9-23-17-5-10(8-22)1-3-12(15)17/h1-6,9,14,18,23-24H,7H2,(H,25,26). The van der Waals surface area contributed by atoms with Crippen molar-refractivity contribution in [3.8, 4) is 6.07 Å². The second-order valence-electron chi connectivity index (χ2n) is 5.92. The van der Waals surface area contributed by atoms with Gasteiger partial charge in [0.2, 0.25) is 0 Å². The average Bonchev–Trinajstić information content (AvgIpc) is 3.01. The van der Waals surface area contributed by atoms with Crippen LogP contribution in [0.3, 0.4) is 0 Å². The average molecular weight is 356 g/mol. The third-order valence-electron chi connectivity index (χ3n) is 4.30. The predicted molar refractivity (Wildman–Crippen MR) is 89.3 cm³/mol. The van der Waals surface area contributed by atoms with Gasteiger partial charge in [-0.25, -0.2) is 8.78 Å². The molecule has 0 radical (unpaired) electrons. The number of hydrogen-bond acceptors (Lipinski definition) is 3. The number of aromatic nitrogens is 1. The number of H-pyrrole nitrogens is 1. The third-order valence-corrected chi connectivity index (χ3v) is 4.30. The maximum atomic E-state index is 13.8. The summed E-state index contributed by atoms with van der Waals surface area (Å²) in [5, 5.41) is 29.4. The summed E-state index contributed by atoms with van der Waals surface area (Å²) < 4.78 is 26.9. The molecule has 3 rings (SSSR count). The fourth-order valence-electron chi connectivity index (χ4n) is 2.99. The fraction of sp³-hybridized carbons (Fsp3) is 0.158. The van der Waals surface area contributed by atoms with E-state index in [1.54, 1.807) is 18.2 Å². The lowest BCUT2D eigenvalue weighted by Gasteiger charge is -2.17. The molecule has 2 aromatic carbocycles. The molecule has 1 heterocycles. The molecule has 0 bridgehead atoms. The topological polar surface area (TPSA) is 97.1 Å². The molecular weight excluding hydrogens is 342 g/mol. The van der Waals surface area contributed by atoms with Crippen molar-refractivity contribution in [3.05, 3.63) is 70.9 Å². The summed E-state index contributed by atoms with van der Waals surface area (Å²) in [5.74, 6) is -4.01. The molecule has 0 aliphatic carbocycles. The number of rotatable bonds is 5. The minimum absolute atomic E-state index is 0.163. The van der Waals surface area contributed by atoms with Gasteiger partial charge in [0, 0.05) is 28.7 Å². The predicted octanol–water partition coefficient (Wildman–Crippen LogP) is 3.61. The summed E-state index contributed by atoms with van der Waals surface area (Å²) in [6, 6.07) is 9.53. The number of carboxylic acid groups (broad SMARTS) is 1. The molecule has 0 spiro atoms. The Morgan fingerprint density at radius 2 is 1.96 bits per heavy atom. The minimum atomic E-state index is -1.42. The van der Waals surface area contributed by atoms with Crippen LogP contribution in [-0.4, -0.2) is 21.2 Å². The number of nitrogens with one attached hydrogen (secondary N) is 1. The molecule has 0 saturated heterocycles. The van der Waals surface area contributed by atoms with E-state index >= 15 is 0 Å². The molecule has 2 unspecified atom stereocenters. The molecule has 3 aromatic rings. The Kier molecular flexibility index (Phi) is 4.69. The zero-order valence-electron chi connectivity index (χ0n) is 13.4. The van der Waals surface area contributed by atoms with Gasteiger partial charge in [-0.15, -0.1) is 0 Å². The van der Waals surface area contributed by atoms with Gasteiger partial charge < -0.3 is 15.2 Å². The molecule has 0 saturated carbocycles. The lowest BCUT2D eigenvalue weighted by atomic mass is 9.90. The maximum absolute atomic E-state index is 13.8. The number of aliphatic hydroxyl groups is 1. The largest absolute Gasteiger partial charge is 0.481 e. The Bertz CT molecular complexity index is 1020. The first-order valence-electron chi connectivity index (χ1n) is 7.77. The summed E-state index contributed by atoms with van der Waals surface area (Å²) in [6.07, 6.45) is -0.205. The highest BCUT2D eigenvalue weighted by atomic mass is 19.1. The number of hydrogen-bond donors (Lipinski definition) is 3. The van der Waals surface area contributed by atoms with Gasteiger partial charge in [-0.3, -0.25) is 4.79 Å². The van der Waals surface area contributed by atoms with E-state index in [-0.39, 0.29) is 12.0 Å². The van der Waals surface area contributed by atoms with Crippen LogP contribution < -0.4 is 0 Å². The first kappa shape index (κ1) is 17.6. The lowest BCUT2D eigenvalue weighted by molar-refractivity contribution is -0.139. The van der Waals surface area contributed by atoms with E-state index in [2.05, 4.69) is 4.98 Å². The number of carboxylic acids is 1. The Morgan fingerprint density at radius 3 is 2.62 bits per heavy atom. The summed E-state index contributed by atoms with van der Waals surface area (Å²) >= 11 is 0. The normalized spacial score (nSPS) is 13.3. The van der Waals surface area contributed by atoms with Crippen molar-refractivity contribution in [2.24, 2.45) is 0 Å². The smallest absolute Gasteiger partial charge is 0.311 e. The van der Waals surface area contributed by atoms with Gasteiger partial charge in [-0.1, -0.05) is 12.1 Å². The number of nitriles is 1. The van der Waals surface area contributed by atoms with E-state index in [1.165, 1.54) is 6.20 Å². The fourth-order valence-corrected chi connectivity index (χ4v) is 2.99. The number of fused-ring (bicyclic) bond motifs is 1. The monoisotopic (exact) mass is 356 g/mol. The van der Waals surface area contributed by atoms with Crippen LogP contribution in [0.2, 0.25) is 0 Å². The van der Waals surface area contributed by atoms with Crippen LogP contribution in [0.4, 0.5) is 8.78 Å². The van der Waals surface area contributed by atoms with Crippen molar-refractivity contribution >= 4 is 16.9 Å². The molecule has 3 N–H and O–H groups in total. The molecular formula is C19H14F2N2O3. The number of benzene rings is 2. The maximum Gasteiger partial charge on any atom is 0.311 e. The molecule has 0 aliphatic rings. The number of carbonyl (C=O) groups is 1. The van der Waals surface area contributed by atoms with E-state index in [0.717, 1.165) is 12.1 Å². The molecule has 2 atom stereocenters. The van der Waals surface area contributed by atoms with Crippen molar-refractivity contribution in [3.63, 3.8) is 0 Å². The molecule has 132 valence electrons. The molecule has 5 nitrogen and oxygen atoms in total. The van der Waals surface area contributed by atoms with Gasteiger partial charge in [0.15, 0.2) is 0 Å². The Hall–Kier alpha value is -3.24. The Balaban J connectivity index is 1.95. The van der Waals surface area contributed by atoms with E-state index < -0.39 is 29.6 Å². The summed E-state index contributed by atoms with van der Waals surface area (Å²) in [6.45, 7) is 0. The van der Waals surface area contributed by atoms with Crippen LogP contribution in [0.1, 0.15) is 35.1 Å². The van der Waals surface area contributed by atoms with Crippen LogP contribution in [0, 0.1) is 23.0 Å². The molecule has 26 heavy (non-hydrogen) atoms. The number of nitrogens with zero attached hydrogens (tertiary/aromatic N) is 1. The van der Waals surface area contributed by atoms with Gasteiger partial charge in [0.25, 0.3) is 0 Å². The second kappa shape index (κ2) is 6.94. The summed E-state index contributed by atoms with van der Waals surface area (Å²) in [4.78, 5) is 14.6. The van der Waals surface area contributed by atoms with E-state index in [1.807, 2.05) is 6.07 Å². The highest BCUT2D eigenvalue weighted by Crippen LogP contribution is 2.34. The molecule has 1 aromatic heterocycles. The first-order valence-corrected chi connectivity index (χ1v) is 7.77. The van der Waals surface area contributed by atoms with E-state index in [0.29, 0.717) is 28.1 Å². The van der Waals surface area contributed by atoms with Crippen molar-refractivity contribution in [1.29, 1.82) is 5.26 Å². The van der Waals surface area contributed by atoms with Gasteiger partial charge in [0.05, 0.1) is 23.7 Å².